The van der Waals surface area contributed by atoms with Crippen LogP contribution in [0.3, 0.4) is 0 Å². The SMILES string of the molecule is COC[C@H](NC(=O)Nc1ccc2c(c1)C(=O)OC2)c1ccnn1C. The van der Waals surface area contributed by atoms with Gasteiger partial charge in [0, 0.05) is 31.6 Å². The summed E-state index contributed by atoms with van der Waals surface area (Å²) in [7, 11) is 3.36. The van der Waals surface area contributed by atoms with Crippen molar-refractivity contribution >= 4 is 17.7 Å². The molecular weight excluding hydrogens is 312 g/mol. The van der Waals surface area contributed by atoms with Gasteiger partial charge in [-0.25, -0.2) is 9.59 Å². The number of urea groups is 1. The molecule has 1 atom stereocenters. The predicted molar refractivity (Wildman–Crippen MR) is 85.5 cm³/mol. The van der Waals surface area contributed by atoms with Gasteiger partial charge in [0.05, 0.1) is 23.9 Å². The Bertz CT molecular complexity index is 771. The summed E-state index contributed by atoms with van der Waals surface area (Å²) in [4.78, 5) is 23.8. The van der Waals surface area contributed by atoms with Crippen molar-refractivity contribution in [2.45, 2.75) is 12.6 Å². The maximum absolute atomic E-state index is 12.3. The van der Waals surface area contributed by atoms with Crippen LogP contribution in [0.2, 0.25) is 0 Å². The van der Waals surface area contributed by atoms with E-state index in [4.69, 9.17) is 9.47 Å². The molecule has 0 bridgehead atoms. The number of nitrogens with zero attached hydrogens (tertiary/aromatic N) is 2. The molecule has 0 fully saturated rings. The highest BCUT2D eigenvalue weighted by molar-refractivity contribution is 5.96. The summed E-state index contributed by atoms with van der Waals surface area (Å²) in [5, 5.41) is 9.65. The van der Waals surface area contributed by atoms with Crippen molar-refractivity contribution in [2.24, 2.45) is 7.05 Å². The van der Waals surface area contributed by atoms with E-state index in [0.29, 0.717) is 17.9 Å². The highest BCUT2D eigenvalue weighted by atomic mass is 16.5. The van der Waals surface area contributed by atoms with Crippen LogP contribution in [0.4, 0.5) is 10.5 Å². The largest absolute Gasteiger partial charge is 0.457 e. The van der Waals surface area contributed by atoms with Gasteiger partial charge in [0.2, 0.25) is 0 Å². The molecule has 0 radical (unpaired) electrons. The van der Waals surface area contributed by atoms with E-state index in [1.54, 1.807) is 43.2 Å². The van der Waals surface area contributed by atoms with Crippen molar-refractivity contribution in [1.82, 2.24) is 15.1 Å². The van der Waals surface area contributed by atoms with Gasteiger partial charge in [-0.15, -0.1) is 0 Å². The van der Waals surface area contributed by atoms with Gasteiger partial charge in [-0.2, -0.15) is 5.10 Å². The summed E-state index contributed by atoms with van der Waals surface area (Å²) in [6, 6.07) is 6.18. The first kappa shape index (κ1) is 16.0. The van der Waals surface area contributed by atoms with Crippen LogP contribution >= 0.6 is 0 Å². The van der Waals surface area contributed by atoms with Crippen LogP contribution in [0.25, 0.3) is 0 Å². The number of methoxy groups -OCH3 is 1. The van der Waals surface area contributed by atoms with Crippen LogP contribution in [0.15, 0.2) is 30.5 Å². The molecule has 2 aromatic rings. The zero-order valence-electron chi connectivity index (χ0n) is 13.4. The summed E-state index contributed by atoms with van der Waals surface area (Å²) in [6.45, 7) is 0.584. The fourth-order valence-electron chi connectivity index (χ4n) is 2.61. The number of aryl methyl sites for hydroxylation is 1. The third-order valence-electron chi connectivity index (χ3n) is 3.80. The number of fused-ring (bicyclic) bond motifs is 1. The van der Waals surface area contributed by atoms with Crippen molar-refractivity contribution < 1.29 is 19.1 Å². The molecule has 1 aliphatic rings. The number of ether oxygens (including phenoxy) is 2. The topological polar surface area (TPSA) is 94.5 Å². The van der Waals surface area contributed by atoms with Crippen LogP contribution < -0.4 is 10.6 Å². The molecule has 1 aliphatic heterocycles. The van der Waals surface area contributed by atoms with Gasteiger partial charge >= 0.3 is 12.0 Å². The minimum atomic E-state index is -0.399. The number of carbonyl (C=O) groups excluding carboxylic acids is 2. The van der Waals surface area contributed by atoms with E-state index in [1.165, 1.54) is 0 Å². The van der Waals surface area contributed by atoms with Crippen LogP contribution in [0, 0.1) is 0 Å². The lowest BCUT2D eigenvalue weighted by molar-refractivity contribution is 0.0535. The Hall–Kier alpha value is -2.87. The van der Waals surface area contributed by atoms with Crippen molar-refractivity contribution in [3.8, 4) is 0 Å². The van der Waals surface area contributed by atoms with Crippen LogP contribution in [0.1, 0.15) is 27.7 Å². The molecule has 0 spiro atoms. The normalized spacial score (nSPS) is 14.0. The van der Waals surface area contributed by atoms with Crippen molar-refractivity contribution in [3.63, 3.8) is 0 Å². The Kier molecular flexibility index (Phi) is 4.48. The van der Waals surface area contributed by atoms with Gasteiger partial charge in [0.15, 0.2) is 0 Å². The molecule has 1 aromatic carbocycles. The lowest BCUT2D eigenvalue weighted by atomic mass is 10.1. The van der Waals surface area contributed by atoms with E-state index in [1.807, 2.05) is 6.07 Å². The molecule has 2 N–H and O–H groups in total. The summed E-state index contributed by atoms with van der Waals surface area (Å²) in [5.74, 6) is -0.374. The first-order chi connectivity index (χ1) is 11.6. The van der Waals surface area contributed by atoms with Crippen molar-refractivity contribution in [2.75, 3.05) is 19.0 Å². The molecule has 0 saturated heterocycles. The van der Waals surface area contributed by atoms with Crippen molar-refractivity contribution in [3.05, 3.63) is 47.3 Å². The lowest BCUT2D eigenvalue weighted by Gasteiger charge is -2.18. The van der Waals surface area contributed by atoms with Crippen LogP contribution in [-0.4, -0.2) is 35.5 Å². The highest BCUT2D eigenvalue weighted by Crippen LogP contribution is 2.23. The molecule has 2 amide bonds. The van der Waals surface area contributed by atoms with Gasteiger partial charge in [-0.3, -0.25) is 4.68 Å². The summed E-state index contributed by atoms with van der Waals surface area (Å²) < 4.78 is 11.8. The number of hydrogen-bond donors (Lipinski definition) is 2. The zero-order chi connectivity index (χ0) is 17.1. The van der Waals surface area contributed by atoms with Crippen molar-refractivity contribution in [1.29, 1.82) is 0 Å². The zero-order valence-corrected chi connectivity index (χ0v) is 13.4. The van der Waals surface area contributed by atoms with Gasteiger partial charge in [-0.1, -0.05) is 6.07 Å². The molecule has 1 aromatic heterocycles. The molecule has 0 aliphatic carbocycles. The molecule has 24 heavy (non-hydrogen) atoms. The second-order valence-electron chi connectivity index (χ2n) is 5.43. The van der Waals surface area contributed by atoms with E-state index in [9.17, 15) is 9.59 Å². The van der Waals surface area contributed by atoms with E-state index in [2.05, 4.69) is 15.7 Å². The number of esters is 1. The average Bonchev–Trinajstić information content (AvgIpc) is 3.13. The number of amides is 2. The van der Waals surface area contributed by atoms with E-state index in [0.717, 1.165) is 11.3 Å². The number of nitrogens with one attached hydrogen (secondary N) is 2. The van der Waals surface area contributed by atoms with E-state index in [-0.39, 0.29) is 18.6 Å². The Morgan fingerprint density at radius 3 is 3.00 bits per heavy atom. The molecule has 8 heteroatoms. The molecule has 0 unspecified atom stereocenters. The molecule has 8 nitrogen and oxygen atoms in total. The third kappa shape index (κ3) is 3.23. The fourth-order valence-corrected chi connectivity index (χ4v) is 2.61. The number of rotatable bonds is 5. The Balaban J connectivity index is 1.69. The lowest BCUT2D eigenvalue weighted by Crippen LogP contribution is -2.35. The van der Waals surface area contributed by atoms with Gasteiger partial charge < -0.3 is 20.1 Å². The molecule has 0 saturated carbocycles. The van der Waals surface area contributed by atoms with Gasteiger partial charge in [0.1, 0.15) is 6.61 Å². The van der Waals surface area contributed by atoms with Gasteiger partial charge in [-0.05, 0) is 18.2 Å². The number of benzene rings is 1. The summed E-state index contributed by atoms with van der Waals surface area (Å²) in [5.41, 5.74) is 2.64. The van der Waals surface area contributed by atoms with Crippen LogP contribution in [-0.2, 0) is 23.1 Å². The Morgan fingerprint density at radius 1 is 1.46 bits per heavy atom. The second kappa shape index (κ2) is 6.71. The second-order valence-corrected chi connectivity index (χ2v) is 5.43. The van der Waals surface area contributed by atoms with E-state index >= 15 is 0 Å². The standard InChI is InChI=1S/C16H18N4O4/c1-20-14(5-6-17-20)13(9-23-2)19-16(22)18-11-4-3-10-8-24-15(21)12(10)7-11/h3-7,13H,8-9H2,1-2H3,(H2,18,19,22)/t13-/m0/s1. The van der Waals surface area contributed by atoms with Gasteiger partial charge in [0.25, 0.3) is 0 Å². The Morgan fingerprint density at radius 2 is 2.29 bits per heavy atom. The average molecular weight is 330 g/mol. The highest BCUT2D eigenvalue weighted by Gasteiger charge is 2.22. The molecule has 126 valence electrons. The quantitative estimate of drug-likeness (QED) is 0.812. The number of anilines is 1. The number of aromatic nitrogens is 2. The summed E-state index contributed by atoms with van der Waals surface area (Å²) >= 11 is 0. The number of cyclic esters (lactones) is 1. The smallest absolute Gasteiger partial charge is 0.338 e. The molecule has 2 heterocycles. The maximum atomic E-state index is 12.3. The molecular formula is C16H18N4O4. The first-order valence-corrected chi connectivity index (χ1v) is 7.43. The number of hydrogen-bond acceptors (Lipinski definition) is 5. The Labute approximate surface area is 138 Å². The number of carbonyl (C=O) groups is 2. The van der Waals surface area contributed by atoms with Crippen LogP contribution in [0.5, 0.6) is 0 Å². The predicted octanol–water partition coefficient (Wildman–Crippen LogP) is 1.60. The minimum absolute atomic E-state index is 0.275. The maximum Gasteiger partial charge on any atom is 0.338 e. The first-order valence-electron chi connectivity index (χ1n) is 7.43. The minimum Gasteiger partial charge on any atom is -0.457 e. The van der Waals surface area contributed by atoms with E-state index < -0.39 is 6.03 Å². The summed E-state index contributed by atoms with van der Waals surface area (Å²) in [6.07, 6.45) is 1.66. The third-order valence-corrected chi connectivity index (χ3v) is 3.80. The monoisotopic (exact) mass is 330 g/mol. The fraction of sp³-hybridized carbons (Fsp3) is 0.312. The molecule has 3 rings (SSSR count).